The maximum atomic E-state index is 12.8. The van der Waals surface area contributed by atoms with Crippen LogP contribution < -0.4 is 9.47 Å². The molecule has 4 nitrogen and oxygen atoms in total. The van der Waals surface area contributed by atoms with E-state index < -0.39 is 0 Å². The number of carbonyl (C=O) groups is 1. The molecular weight excluding hydrogens is 290 g/mol. The van der Waals surface area contributed by atoms with Gasteiger partial charge in [-0.05, 0) is 36.6 Å². The Morgan fingerprint density at radius 1 is 1.04 bits per heavy atom. The topological polar surface area (TPSA) is 47.9 Å². The van der Waals surface area contributed by atoms with Gasteiger partial charge in [0.05, 0.1) is 0 Å². The van der Waals surface area contributed by atoms with Crippen molar-refractivity contribution in [3.05, 3.63) is 59.7 Å². The second-order valence-corrected chi connectivity index (χ2v) is 5.82. The van der Waals surface area contributed by atoms with E-state index in [9.17, 15) is 4.79 Å². The fraction of sp³-hybridized carbons (Fsp3) is 0.263. The van der Waals surface area contributed by atoms with Crippen molar-refractivity contribution in [1.29, 1.82) is 0 Å². The number of ketones is 1. The van der Waals surface area contributed by atoms with E-state index in [2.05, 4.69) is 4.99 Å². The summed E-state index contributed by atoms with van der Waals surface area (Å²) in [6.07, 6.45) is 1.49. The van der Waals surface area contributed by atoms with E-state index in [1.807, 2.05) is 42.5 Å². The Labute approximate surface area is 134 Å². The van der Waals surface area contributed by atoms with Gasteiger partial charge in [-0.1, -0.05) is 30.3 Å². The Morgan fingerprint density at radius 3 is 2.74 bits per heavy atom. The Bertz CT molecular complexity index is 767. The molecule has 116 valence electrons. The van der Waals surface area contributed by atoms with E-state index >= 15 is 0 Å². The number of rotatable bonds is 3. The van der Waals surface area contributed by atoms with Gasteiger partial charge in [0.1, 0.15) is 0 Å². The number of fused-ring (bicyclic) bond motifs is 1. The van der Waals surface area contributed by atoms with Crippen LogP contribution in [0.4, 0.5) is 0 Å². The molecule has 0 aliphatic carbocycles. The largest absolute Gasteiger partial charge is 0.454 e. The van der Waals surface area contributed by atoms with E-state index in [4.69, 9.17) is 9.47 Å². The maximum absolute atomic E-state index is 12.8. The smallest absolute Gasteiger partial charge is 0.231 e. The van der Waals surface area contributed by atoms with Crippen LogP contribution >= 0.6 is 0 Å². The van der Waals surface area contributed by atoms with E-state index in [0.717, 1.165) is 17.7 Å². The highest BCUT2D eigenvalue weighted by atomic mass is 16.7. The molecule has 1 atom stereocenters. The normalized spacial score (nSPS) is 19.3. The van der Waals surface area contributed by atoms with Crippen molar-refractivity contribution in [3.63, 3.8) is 0 Å². The standard InChI is InChI=1S/C19H17NO3/c21-19(14-6-7-17-18(11-14)23-12-22-17)15-8-9-20-16(10-15)13-4-2-1-3-5-13/h1-7,11,15H,8-10,12H2. The van der Waals surface area contributed by atoms with Gasteiger partial charge in [-0.15, -0.1) is 0 Å². The lowest BCUT2D eigenvalue weighted by molar-refractivity contribution is 0.0915. The third-order valence-electron chi connectivity index (χ3n) is 4.35. The van der Waals surface area contributed by atoms with Crippen molar-refractivity contribution in [3.8, 4) is 11.5 Å². The molecule has 2 aliphatic rings. The van der Waals surface area contributed by atoms with Crippen LogP contribution in [-0.2, 0) is 0 Å². The average Bonchev–Trinajstić information content (AvgIpc) is 3.09. The van der Waals surface area contributed by atoms with Gasteiger partial charge in [0.2, 0.25) is 6.79 Å². The summed E-state index contributed by atoms with van der Waals surface area (Å²) in [5, 5.41) is 0. The number of hydrogen-bond acceptors (Lipinski definition) is 4. The van der Waals surface area contributed by atoms with Crippen LogP contribution in [0.1, 0.15) is 28.8 Å². The Morgan fingerprint density at radius 2 is 1.87 bits per heavy atom. The molecule has 0 amide bonds. The predicted molar refractivity (Wildman–Crippen MR) is 87.5 cm³/mol. The fourth-order valence-electron chi connectivity index (χ4n) is 3.10. The van der Waals surface area contributed by atoms with E-state index in [0.29, 0.717) is 30.0 Å². The van der Waals surface area contributed by atoms with Gasteiger partial charge >= 0.3 is 0 Å². The van der Waals surface area contributed by atoms with Gasteiger partial charge in [-0.25, -0.2) is 0 Å². The molecule has 0 saturated carbocycles. The minimum atomic E-state index is -0.0249. The minimum absolute atomic E-state index is 0.0249. The summed E-state index contributed by atoms with van der Waals surface area (Å²) < 4.78 is 10.7. The zero-order valence-corrected chi connectivity index (χ0v) is 12.7. The van der Waals surface area contributed by atoms with Crippen LogP contribution in [0.25, 0.3) is 0 Å². The first kappa shape index (κ1) is 14.0. The summed E-state index contributed by atoms with van der Waals surface area (Å²) in [6, 6.07) is 15.5. The van der Waals surface area contributed by atoms with E-state index in [-0.39, 0.29) is 18.5 Å². The van der Waals surface area contributed by atoms with Gasteiger partial charge < -0.3 is 9.47 Å². The van der Waals surface area contributed by atoms with Gasteiger partial charge in [-0.2, -0.15) is 0 Å². The van der Waals surface area contributed by atoms with Gasteiger partial charge in [0.15, 0.2) is 17.3 Å². The number of ether oxygens (including phenoxy) is 2. The van der Waals surface area contributed by atoms with Crippen molar-refractivity contribution in [1.82, 2.24) is 0 Å². The zero-order chi connectivity index (χ0) is 15.6. The highest BCUT2D eigenvalue weighted by Gasteiger charge is 2.26. The van der Waals surface area contributed by atoms with E-state index in [1.165, 1.54) is 0 Å². The first-order valence-corrected chi connectivity index (χ1v) is 7.84. The SMILES string of the molecule is O=C(c1ccc2c(c1)OCO2)C1CCN=C(c2ccccc2)C1. The van der Waals surface area contributed by atoms with Crippen LogP contribution in [0.5, 0.6) is 11.5 Å². The Hall–Kier alpha value is -2.62. The minimum Gasteiger partial charge on any atom is -0.454 e. The average molecular weight is 307 g/mol. The molecule has 2 aromatic carbocycles. The molecule has 0 saturated heterocycles. The second kappa shape index (κ2) is 5.88. The monoisotopic (exact) mass is 307 g/mol. The lowest BCUT2D eigenvalue weighted by atomic mass is 9.86. The van der Waals surface area contributed by atoms with Gasteiger partial charge in [-0.3, -0.25) is 9.79 Å². The Kier molecular flexibility index (Phi) is 3.58. The molecule has 0 spiro atoms. The number of carbonyl (C=O) groups excluding carboxylic acids is 1. The summed E-state index contributed by atoms with van der Waals surface area (Å²) in [5.74, 6) is 1.50. The molecule has 2 aliphatic heterocycles. The molecule has 2 heterocycles. The molecule has 23 heavy (non-hydrogen) atoms. The fourth-order valence-corrected chi connectivity index (χ4v) is 3.10. The van der Waals surface area contributed by atoms with Gasteiger partial charge in [0.25, 0.3) is 0 Å². The molecule has 1 unspecified atom stereocenters. The van der Waals surface area contributed by atoms with Crippen LogP contribution in [0.3, 0.4) is 0 Å². The Balaban J connectivity index is 1.54. The van der Waals surface area contributed by atoms with Gasteiger partial charge in [0, 0.05) is 23.7 Å². The molecule has 4 heteroatoms. The highest BCUT2D eigenvalue weighted by molar-refractivity contribution is 6.06. The van der Waals surface area contributed by atoms with Crippen molar-refractivity contribution in [2.45, 2.75) is 12.8 Å². The summed E-state index contributed by atoms with van der Waals surface area (Å²) in [4.78, 5) is 17.4. The molecule has 0 bridgehead atoms. The number of aliphatic imine (C=N–C) groups is 1. The molecule has 4 rings (SSSR count). The number of nitrogens with zero attached hydrogens (tertiary/aromatic N) is 1. The third-order valence-corrected chi connectivity index (χ3v) is 4.35. The van der Waals surface area contributed by atoms with E-state index in [1.54, 1.807) is 6.07 Å². The van der Waals surface area contributed by atoms with Crippen LogP contribution in [0.15, 0.2) is 53.5 Å². The molecular formula is C19H17NO3. The van der Waals surface area contributed by atoms with Crippen LogP contribution in [-0.4, -0.2) is 24.8 Å². The number of hydrogen-bond donors (Lipinski definition) is 0. The lowest BCUT2D eigenvalue weighted by Gasteiger charge is -2.21. The third kappa shape index (κ3) is 2.72. The summed E-state index contributed by atoms with van der Waals surface area (Å²) in [5.41, 5.74) is 2.82. The second-order valence-electron chi connectivity index (χ2n) is 5.82. The molecule has 0 aromatic heterocycles. The van der Waals surface area contributed by atoms with Crippen molar-refractivity contribution >= 4 is 11.5 Å². The summed E-state index contributed by atoms with van der Waals surface area (Å²) >= 11 is 0. The van der Waals surface area contributed by atoms with Crippen molar-refractivity contribution in [2.24, 2.45) is 10.9 Å². The first-order chi connectivity index (χ1) is 11.3. The molecule has 2 aromatic rings. The molecule has 0 radical (unpaired) electrons. The quantitative estimate of drug-likeness (QED) is 0.815. The van der Waals surface area contributed by atoms with Crippen molar-refractivity contribution in [2.75, 3.05) is 13.3 Å². The zero-order valence-electron chi connectivity index (χ0n) is 12.7. The van der Waals surface area contributed by atoms with Crippen molar-refractivity contribution < 1.29 is 14.3 Å². The maximum Gasteiger partial charge on any atom is 0.231 e. The van der Waals surface area contributed by atoms with Crippen LogP contribution in [0.2, 0.25) is 0 Å². The number of Topliss-reactive ketones (excluding diaryl/α,β-unsaturated/α-hetero) is 1. The van der Waals surface area contributed by atoms with Crippen LogP contribution in [0, 0.1) is 5.92 Å². The highest BCUT2D eigenvalue weighted by Crippen LogP contribution is 2.34. The summed E-state index contributed by atoms with van der Waals surface area (Å²) in [6.45, 7) is 0.923. The summed E-state index contributed by atoms with van der Waals surface area (Å²) in [7, 11) is 0. The number of benzene rings is 2. The predicted octanol–water partition coefficient (Wildman–Crippen LogP) is 3.50. The molecule has 0 fully saturated rings. The molecule has 0 N–H and O–H groups in total. The first-order valence-electron chi connectivity index (χ1n) is 7.84. The lowest BCUT2D eigenvalue weighted by Crippen LogP contribution is -2.24.